The van der Waals surface area contributed by atoms with Gasteiger partial charge in [-0.25, -0.2) is 4.79 Å². The highest BCUT2D eigenvalue weighted by Gasteiger charge is 2.12. The maximum atomic E-state index is 9.60. The summed E-state index contributed by atoms with van der Waals surface area (Å²) in [6.45, 7) is 6.83. The van der Waals surface area contributed by atoms with Crippen LogP contribution in [0.4, 0.5) is 0 Å². The highest BCUT2D eigenvalue weighted by Crippen LogP contribution is 2.43. The smallest absolute Gasteiger partial charge is 0.330 e. The zero-order valence-electron chi connectivity index (χ0n) is 15.8. The molecule has 3 heteroatoms. The molecule has 2 nitrogen and oxygen atoms in total. The molecule has 1 N–H and O–H groups in total. The van der Waals surface area contributed by atoms with Crippen LogP contribution in [-0.2, 0) is 4.79 Å². The van der Waals surface area contributed by atoms with Gasteiger partial charge < -0.3 is 5.11 Å². The number of hydrogen-bond donors (Lipinski definition) is 1. The van der Waals surface area contributed by atoms with Gasteiger partial charge in [-0.2, -0.15) is 0 Å². The third-order valence-electron chi connectivity index (χ3n) is 4.91. The van der Waals surface area contributed by atoms with Crippen LogP contribution in [0.15, 0.2) is 78.9 Å². The Morgan fingerprint density at radius 2 is 1.46 bits per heavy atom. The van der Waals surface area contributed by atoms with Crippen molar-refractivity contribution in [1.29, 1.82) is 0 Å². The van der Waals surface area contributed by atoms with Crippen molar-refractivity contribution in [3.8, 4) is 0 Å². The van der Waals surface area contributed by atoms with Crippen LogP contribution in [0.5, 0.6) is 0 Å². The van der Waals surface area contributed by atoms with Crippen LogP contribution in [0, 0.1) is 6.92 Å². The first-order valence-electron chi connectivity index (χ1n) is 9.08. The van der Waals surface area contributed by atoms with Crippen molar-refractivity contribution in [2.75, 3.05) is 0 Å². The first-order valence-corrected chi connectivity index (χ1v) is 9.90. The minimum Gasteiger partial charge on any atom is -0.478 e. The summed E-state index contributed by atoms with van der Waals surface area (Å²) < 4.78 is 2.83. The second kappa shape index (κ2) is 7.10. The van der Waals surface area contributed by atoms with Crippen molar-refractivity contribution < 1.29 is 9.90 Å². The van der Waals surface area contributed by atoms with E-state index in [0.717, 1.165) is 0 Å². The van der Waals surface area contributed by atoms with E-state index in [1.807, 2.05) is 11.3 Å². The lowest BCUT2D eigenvalue weighted by atomic mass is 9.99. The van der Waals surface area contributed by atoms with Gasteiger partial charge in [0.1, 0.15) is 0 Å². The van der Waals surface area contributed by atoms with E-state index in [4.69, 9.17) is 5.11 Å². The Bertz CT molecular complexity index is 1360. The Morgan fingerprint density at radius 3 is 2.14 bits per heavy atom. The highest BCUT2D eigenvalue weighted by atomic mass is 32.1. The number of aliphatic carboxylic acids is 1. The van der Waals surface area contributed by atoms with E-state index < -0.39 is 5.97 Å². The number of benzene rings is 4. The van der Waals surface area contributed by atoms with E-state index in [0.29, 0.717) is 0 Å². The molecule has 0 saturated carbocycles. The van der Waals surface area contributed by atoms with Crippen LogP contribution in [-0.4, -0.2) is 11.1 Å². The number of rotatable bonds is 1. The zero-order chi connectivity index (χ0) is 19.8. The summed E-state index contributed by atoms with van der Waals surface area (Å²) in [7, 11) is 0. The molecule has 0 bridgehead atoms. The Morgan fingerprint density at radius 1 is 0.857 bits per heavy atom. The molecular weight excluding hydrogens is 364 g/mol. The summed E-state index contributed by atoms with van der Waals surface area (Å²) in [6.07, 6.45) is 0. The van der Waals surface area contributed by atoms with Gasteiger partial charge in [0.2, 0.25) is 0 Å². The number of thiophene rings is 1. The molecule has 0 atom stereocenters. The monoisotopic (exact) mass is 384 g/mol. The lowest BCUT2D eigenvalue weighted by molar-refractivity contribution is -0.132. The number of hydrogen-bond acceptors (Lipinski definition) is 2. The molecule has 1 aromatic heterocycles. The van der Waals surface area contributed by atoms with Gasteiger partial charge in [-0.1, -0.05) is 67.2 Å². The largest absolute Gasteiger partial charge is 0.478 e. The zero-order valence-corrected chi connectivity index (χ0v) is 16.6. The highest BCUT2D eigenvalue weighted by molar-refractivity contribution is 7.27. The number of carboxylic acids is 1. The van der Waals surface area contributed by atoms with Crippen molar-refractivity contribution >= 4 is 59.0 Å². The maximum Gasteiger partial charge on any atom is 0.330 e. The predicted molar refractivity (Wildman–Crippen MR) is 122 cm³/mol. The van der Waals surface area contributed by atoms with Crippen molar-refractivity contribution in [3.63, 3.8) is 0 Å². The van der Waals surface area contributed by atoms with E-state index in [1.54, 1.807) is 0 Å². The van der Waals surface area contributed by atoms with Gasteiger partial charge in [-0.05, 0) is 47.0 Å². The molecule has 0 saturated heterocycles. The fraction of sp³-hybridized carbons (Fsp3) is 0.0800. The fourth-order valence-corrected chi connectivity index (χ4v) is 4.84. The summed E-state index contributed by atoms with van der Waals surface area (Å²) in [5, 5.41) is 16.1. The molecule has 5 rings (SSSR count). The van der Waals surface area contributed by atoms with Gasteiger partial charge >= 0.3 is 5.97 Å². The molecular formula is C25H20O2S. The lowest BCUT2D eigenvalue weighted by Crippen LogP contribution is -1.92. The Hall–Kier alpha value is -3.17. The Labute approximate surface area is 167 Å². The SMILES string of the molecule is C=C(C)C(=O)O.Cc1cc2ccccc2c2c1sc1c3ccccc3ccc12. The molecule has 5 aromatic rings. The van der Waals surface area contributed by atoms with Crippen LogP contribution in [0.25, 0.3) is 41.7 Å². The standard InChI is InChI=1S/C21H14S.C4H6O2/c1-13-12-15-7-3-4-8-16(15)19-18-11-10-14-6-2-5-9-17(14)21(18)22-20(13)19;1-3(2)4(5)6/h2-12H,1H3;1H2,2H3,(H,5,6). The van der Waals surface area contributed by atoms with Crippen molar-refractivity contribution in [2.24, 2.45) is 0 Å². The summed E-state index contributed by atoms with van der Waals surface area (Å²) >= 11 is 1.93. The average molecular weight is 385 g/mol. The Kier molecular flexibility index (Phi) is 4.62. The van der Waals surface area contributed by atoms with Gasteiger partial charge in [0, 0.05) is 25.7 Å². The first kappa shape index (κ1) is 18.2. The molecule has 4 aromatic carbocycles. The lowest BCUT2D eigenvalue weighted by Gasteiger charge is -2.03. The fourth-order valence-electron chi connectivity index (χ4n) is 3.52. The summed E-state index contributed by atoms with van der Waals surface area (Å²) in [5.41, 5.74) is 1.55. The van der Waals surface area contributed by atoms with E-state index in [2.05, 4.69) is 80.2 Å². The summed E-state index contributed by atoms with van der Waals surface area (Å²) in [6, 6.07) is 24.3. The molecule has 0 radical (unpaired) electrons. The number of fused-ring (bicyclic) bond motifs is 7. The predicted octanol–water partition coefficient (Wildman–Crippen LogP) is 7.32. The number of carbonyl (C=O) groups is 1. The average Bonchev–Trinajstić information content (AvgIpc) is 3.09. The summed E-state index contributed by atoms with van der Waals surface area (Å²) in [4.78, 5) is 9.60. The molecule has 0 aliphatic rings. The third kappa shape index (κ3) is 3.04. The van der Waals surface area contributed by atoms with Gasteiger partial charge in [0.25, 0.3) is 0 Å². The molecule has 0 fully saturated rings. The van der Waals surface area contributed by atoms with E-state index in [1.165, 1.54) is 54.2 Å². The third-order valence-corrected chi connectivity index (χ3v) is 6.28. The molecule has 0 aliphatic heterocycles. The van der Waals surface area contributed by atoms with Gasteiger partial charge in [0.05, 0.1) is 0 Å². The van der Waals surface area contributed by atoms with Crippen LogP contribution in [0.2, 0.25) is 0 Å². The molecule has 138 valence electrons. The minimum absolute atomic E-state index is 0.176. The Balaban J connectivity index is 0.000000283. The van der Waals surface area contributed by atoms with E-state index >= 15 is 0 Å². The molecule has 0 unspecified atom stereocenters. The van der Waals surface area contributed by atoms with Crippen LogP contribution >= 0.6 is 11.3 Å². The number of aryl methyl sites for hydroxylation is 1. The van der Waals surface area contributed by atoms with Crippen LogP contribution in [0.3, 0.4) is 0 Å². The van der Waals surface area contributed by atoms with Crippen molar-refractivity contribution in [2.45, 2.75) is 13.8 Å². The second-order valence-corrected chi connectivity index (χ2v) is 7.99. The van der Waals surface area contributed by atoms with Crippen molar-refractivity contribution in [1.82, 2.24) is 0 Å². The van der Waals surface area contributed by atoms with Gasteiger partial charge in [-0.15, -0.1) is 11.3 Å². The maximum absolute atomic E-state index is 9.60. The number of carboxylic acid groups (broad SMARTS) is 1. The van der Waals surface area contributed by atoms with E-state index in [9.17, 15) is 4.79 Å². The van der Waals surface area contributed by atoms with E-state index in [-0.39, 0.29) is 5.57 Å². The second-order valence-electron chi connectivity index (χ2n) is 6.97. The molecule has 1 heterocycles. The van der Waals surface area contributed by atoms with Crippen LogP contribution < -0.4 is 0 Å². The summed E-state index contributed by atoms with van der Waals surface area (Å²) in [5.74, 6) is -0.935. The minimum atomic E-state index is -0.935. The first-order chi connectivity index (χ1) is 13.5. The quantitative estimate of drug-likeness (QED) is 0.307. The topological polar surface area (TPSA) is 37.3 Å². The molecule has 0 aliphatic carbocycles. The van der Waals surface area contributed by atoms with Gasteiger partial charge in [-0.3, -0.25) is 0 Å². The van der Waals surface area contributed by atoms with Crippen LogP contribution in [0.1, 0.15) is 12.5 Å². The van der Waals surface area contributed by atoms with Gasteiger partial charge in [0.15, 0.2) is 0 Å². The molecule has 0 amide bonds. The normalized spacial score (nSPS) is 10.9. The molecule has 28 heavy (non-hydrogen) atoms. The van der Waals surface area contributed by atoms with Crippen molar-refractivity contribution in [3.05, 3.63) is 84.4 Å². The molecule has 0 spiro atoms.